The zero-order valence-corrected chi connectivity index (χ0v) is 16.8. The fraction of sp³-hybridized carbons (Fsp3) is 0.300. The van der Waals surface area contributed by atoms with Crippen LogP contribution in [0.5, 0.6) is 11.5 Å². The number of Topliss-reactive ketones (excluding diaryl/α,β-unsaturated/α-hetero) is 1. The third-order valence-electron chi connectivity index (χ3n) is 3.97. The van der Waals surface area contributed by atoms with Crippen LogP contribution in [0, 0.1) is 0 Å². The van der Waals surface area contributed by atoms with Crippen LogP contribution >= 0.6 is 12.2 Å². The van der Waals surface area contributed by atoms with Crippen molar-refractivity contribution in [2.24, 2.45) is 0 Å². The van der Waals surface area contributed by atoms with Gasteiger partial charge in [0.1, 0.15) is 18.1 Å². The number of hydrogen-bond acceptors (Lipinski definition) is 7. The number of nitrogens with one attached hydrogen (secondary N) is 1. The van der Waals surface area contributed by atoms with Crippen molar-refractivity contribution in [2.45, 2.75) is 33.3 Å². The molecular weight excluding hydrogens is 382 g/mol. The first kappa shape index (κ1) is 21.7. The molecule has 0 spiro atoms. The number of carbonyl (C=O) groups is 2. The van der Waals surface area contributed by atoms with E-state index in [0.29, 0.717) is 41.1 Å². The highest BCUT2D eigenvalue weighted by molar-refractivity contribution is 7.93. The van der Waals surface area contributed by atoms with E-state index in [0.717, 1.165) is 12.0 Å². The lowest BCUT2D eigenvalue weighted by atomic mass is 10.0. The van der Waals surface area contributed by atoms with Crippen LogP contribution in [0.1, 0.15) is 52.1 Å². The molecule has 0 aliphatic carbocycles. The average molecular weight is 405 g/mol. The molecule has 28 heavy (non-hydrogen) atoms. The van der Waals surface area contributed by atoms with E-state index in [2.05, 4.69) is 13.9 Å². The summed E-state index contributed by atoms with van der Waals surface area (Å²) in [5.41, 5.74) is 2.24. The van der Waals surface area contributed by atoms with Gasteiger partial charge in [-0.05, 0) is 43.2 Å². The zero-order chi connectivity index (χ0) is 20.5. The Morgan fingerprint density at radius 3 is 2.46 bits per heavy atom. The summed E-state index contributed by atoms with van der Waals surface area (Å²) < 4.78 is 12.8. The minimum absolute atomic E-state index is 0.0188. The van der Waals surface area contributed by atoms with Crippen LogP contribution in [0.2, 0.25) is 0 Å². The van der Waals surface area contributed by atoms with Crippen molar-refractivity contribution in [3.8, 4) is 11.5 Å². The van der Waals surface area contributed by atoms with Crippen molar-refractivity contribution < 1.29 is 28.7 Å². The number of phenols is 1. The van der Waals surface area contributed by atoms with Crippen LogP contribution in [-0.4, -0.2) is 23.9 Å². The number of hydrogen-bond donors (Lipinski definition) is 2. The van der Waals surface area contributed by atoms with E-state index in [9.17, 15) is 14.7 Å². The molecule has 2 aromatic rings. The SMILES string of the molecule is CCCc1c(OCc2ccc(C(=O)NSOOC)cc2)ccc(C(C)=O)c1O. The van der Waals surface area contributed by atoms with E-state index in [4.69, 9.17) is 4.74 Å². The van der Waals surface area contributed by atoms with Crippen LogP contribution in [0.3, 0.4) is 0 Å². The molecule has 2 rings (SSSR count). The van der Waals surface area contributed by atoms with Crippen LogP contribution in [0.15, 0.2) is 36.4 Å². The number of phenolic OH excluding ortho intramolecular Hbond substituents is 1. The van der Waals surface area contributed by atoms with Gasteiger partial charge in [0.15, 0.2) is 18.0 Å². The highest BCUT2D eigenvalue weighted by Gasteiger charge is 2.16. The maximum absolute atomic E-state index is 11.9. The Labute approximate surface area is 168 Å². The number of rotatable bonds is 10. The molecule has 7 nitrogen and oxygen atoms in total. The lowest BCUT2D eigenvalue weighted by Crippen LogP contribution is -2.16. The summed E-state index contributed by atoms with van der Waals surface area (Å²) in [6.45, 7) is 3.67. The third-order valence-corrected chi connectivity index (χ3v) is 4.44. The van der Waals surface area contributed by atoms with Crippen LogP contribution in [0.4, 0.5) is 0 Å². The van der Waals surface area contributed by atoms with Crippen LogP contribution < -0.4 is 9.46 Å². The number of aromatic hydroxyl groups is 1. The molecule has 1 amide bonds. The predicted molar refractivity (Wildman–Crippen MR) is 106 cm³/mol. The molecule has 2 aromatic carbocycles. The molecule has 2 N–H and O–H groups in total. The van der Waals surface area contributed by atoms with Crippen LogP contribution in [0.25, 0.3) is 0 Å². The van der Waals surface area contributed by atoms with Gasteiger partial charge in [0.05, 0.1) is 12.7 Å². The Morgan fingerprint density at radius 1 is 1.14 bits per heavy atom. The first-order valence-corrected chi connectivity index (χ1v) is 9.46. The van der Waals surface area contributed by atoms with Gasteiger partial charge in [-0.1, -0.05) is 25.5 Å². The quantitative estimate of drug-likeness (QED) is 0.154. The summed E-state index contributed by atoms with van der Waals surface area (Å²) in [7, 11) is 1.34. The van der Waals surface area contributed by atoms with E-state index >= 15 is 0 Å². The van der Waals surface area contributed by atoms with Crippen molar-refractivity contribution in [3.63, 3.8) is 0 Å². The second kappa shape index (κ2) is 10.7. The fourth-order valence-corrected chi connectivity index (χ4v) is 2.89. The average Bonchev–Trinajstić information content (AvgIpc) is 2.68. The van der Waals surface area contributed by atoms with Crippen molar-refractivity contribution in [1.82, 2.24) is 4.72 Å². The van der Waals surface area contributed by atoms with Crippen molar-refractivity contribution in [3.05, 3.63) is 58.7 Å². The van der Waals surface area contributed by atoms with Gasteiger partial charge < -0.3 is 9.84 Å². The monoisotopic (exact) mass is 405 g/mol. The number of amides is 1. The van der Waals surface area contributed by atoms with E-state index in [1.165, 1.54) is 14.0 Å². The van der Waals surface area contributed by atoms with E-state index in [-0.39, 0.29) is 24.0 Å². The first-order chi connectivity index (χ1) is 13.5. The summed E-state index contributed by atoms with van der Waals surface area (Å²) in [5.74, 6) is 0.0164. The number of carbonyl (C=O) groups excluding carboxylic acids is 2. The molecular formula is C20H23NO6S. The van der Waals surface area contributed by atoms with E-state index in [1.807, 2.05) is 6.92 Å². The Balaban J connectivity index is 2.06. The van der Waals surface area contributed by atoms with E-state index < -0.39 is 0 Å². The summed E-state index contributed by atoms with van der Waals surface area (Å²) in [5, 5.41) is 10.4. The lowest BCUT2D eigenvalue weighted by Gasteiger charge is -2.15. The minimum atomic E-state index is -0.315. The summed E-state index contributed by atoms with van der Waals surface area (Å²) in [4.78, 5) is 27.9. The van der Waals surface area contributed by atoms with Gasteiger partial charge in [-0.15, -0.1) is 4.33 Å². The maximum atomic E-state index is 11.9. The Morgan fingerprint density at radius 2 is 1.86 bits per heavy atom. The zero-order valence-electron chi connectivity index (χ0n) is 16.0. The Hall–Kier alpha value is -2.55. The third kappa shape index (κ3) is 5.72. The predicted octanol–water partition coefficient (Wildman–Crippen LogP) is 4.00. The molecule has 0 atom stereocenters. The molecule has 0 unspecified atom stereocenters. The van der Waals surface area contributed by atoms with Gasteiger partial charge >= 0.3 is 0 Å². The van der Waals surface area contributed by atoms with Crippen molar-refractivity contribution in [1.29, 1.82) is 0 Å². The highest BCUT2D eigenvalue weighted by Crippen LogP contribution is 2.33. The molecule has 0 radical (unpaired) electrons. The van der Waals surface area contributed by atoms with Crippen LogP contribution in [-0.2, 0) is 22.2 Å². The molecule has 8 heteroatoms. The lowest BCUT2D eigenvalue weighted by molar-refractivity contribution is -0.160. The molecule has 150 valence electrons. The number of ketones is 1. The number of ether oxygens (including phenoxy) is 1. The summed E-state index contributed by atoms with van der Waals surface area (Å²) in [6.07, 6.45) is 1.41. The highest BCUT2D eigenvalue weighted by atomic mass is 32.2. The Kier molecular flexibility index (Phi) is 8.31. The number of benzene rings is 2. The van der Waals surface area contributed by atoms with E-state index in [1.54, 1.807) is 36.4 Å². The normalized spacial score (nSPS) is 10.5. The topological polar surface area (TPSA) is 94.1 Å². The second-order valence-corrected chi connectivity index (χ2v) is 6.49. The molecule has 0 aliphatic heterocycles. The van der Waals surface area contributed by atoms with Gasteiger partial charge in [0, 0.05) is 11.1 Å². The molecule has 0 saturated carbocycles. The first-order valence-electron chi connectivity index (χ1n) is 8.72. The minimum Gasteiger partial charge on any atom is -0.507 e. The maximum Gasteiger partial charge on any atom is 0.262 e. The standard InChI is InChI=1S/C20H23NO6S/c1-4-5-17-18(11-10-16(13(2)22)19(17)23)26-12-14-6-8-15(9-7-14)20(24)21-28-27-25-3/h6-11,23H,4-5,12H2,1-3H3,(H,21,24). The summed E-state index contributed by atoms with van der Waals surface area (Å²) in [6, 6.07) is 10.2. The summed E-state index contributed by atoms with van der Waals surface area (Å²) >= 11 is 0.684. The second-order valence-electron chi connectivity index (χ2n) is 5.98. The van der Waals surface area contributed by atoms with Gasteiger partial charge in [-0.2, -0.15) is 0 Å². The molecule has 0 aromatic heterocycles. The molecule has 0 aliphatic rings. The molecule has 0 heterocycles. The smallest absolute Gasteiger partial charge is 0.262 e. The van der Waals surface area contributed by atoms with Crippen molar-refractivity contribution >= 4 is 23.9 Å². The molecule has 0 bridgehead atoms. The molecule has 0 fully saturated rings. The van der Waals surface area contributed by atoms with Gasteiger partial charge in [-0.3, -0.25) is 14.3 Å². The largest absolute Gasteiger partial charge is 0.507 e. The fourth-order valence-electron chi connectivity index (χ4n) is 2.59. The van der Waals surface area contributed by atoms with Crippen molar-refractivity contribution in [2.75, 3.05) is 7.11 Å². The van der Waals surface area contributed by atoms with Gasteiger partial charge in [0.2, 0.25) is 0 Å². The Bertz CT molecular complexity index is 822. The van der Waals surface area contributed by atoms with Gasteiger partial charge in [0.25, 0.3) is 5.91 Å². The molecule has 0 saturated heterocycles. The van der Waals surface area contributed by atoms with Gasteiger partial charge in [-0.25, -0.2) is 4.89 Å².